The van der Waals surface area contributed by atoms with Crippen LogP contribution in [0.1, 0.15) is 30.9 Å². The van der Waals surface area contributed by atoms with Crippen molar-refractivity contribution in [2.24, 2.45) is 5.92 Å². The second kappa shape index (κ2) is 3.39. The summed E-state index contributed by atoms with van der Waals surface area (Å²) in [6.07, 6.45) is 2.30. The summed E-state index contributed by atoms with van der Waals surface area (Å²) < 4.78 is 0. The lowest BCUT2D eigenvalue weighted by atomic mass is 9.90. The smallest absolute Gasteiger partial charge is 0.0468 e. The molecule has 0 amide bonds. The molecular weight excluding hydrogens is 172 g/mol. The first-order chi connectivity index (χ1) is 6.73. The maximum Gasteiger partial charge on any atom is 0.0468 e. The summed E-state index contributed by atoms with van der Waals surface area (Å²) >= 11 is 0. The van der Waals surface area contributed by atoms with Crippen LogP contribution in [0.4, 0.5) is 0 Å². The summed E-state index contributed by atoms with van der Waals surface area (Å²) in [7, 11) is 0. The van der Waals surface area contributed by atoms with Gasteiger partial charge in [-0.2, -0.15) is 0 Å². The average Bonchev–Trinajstić information content (AvgIpc) is 2.93. The van der Waals surface area contributed by atoms with Crippen molar-refractivity contribution in [2.45, 2.75) is 32.1 Å². The van der Waals surface area contributed by atoms with E-state index < -0.39 is 0 Å². The van der Waals surface area contributed by atoms with E-state index >= 15 is 0 Å². The predicted octanol–water partition coefficient (Wildman–Crippen LogP) is 2.66. The standard InChI is InChI=1S/C13H18O/c1-3-13(8-12(13)9-14)11-6-4-5-10(2)7-11/h4-7,12,14H,3,8-9H2,1-2H3. The van der Waals surface area contributed by atoms with Crippen molar-refractivity contribution >= 4 is 0 Å². The molecular formula is C13H18O. The Morgan fingerprint density at radius 3 is 2.79 bits per heavy atom. The molecule has 1 aromatic carbocycles. The number of aliphatic hydroxyl groups is 1. The van der Waals surface area contributed by atoms with Crippen molar-refractivity contribution in [1.29, 1.82) is 0 Å². The molecule has 1 saturated carbocycles. The molecule has 76 valence electrons. The average molecular weight is 190 g/mol. The van der Waals surface area contributed by atoms with Gasteiger partial charge >= 0.3 is 0 Å². The quantitative estimate of drug-likeness (QED) is 0.777. The van der Waals surface area contributed by atoms with Gasteiger partial charge in [0.1, 0.15) is 0 Å². The highest BCUT2D eigenvalue weighted by atomic mass is 16.3. The molecule has 0 aliphatic heterocycles. The van der Waals surface area contributed by atoms with Gasteiger partial charge < -0.3 is 5.11 Å². The molecule has 1 heteroatoms. The maximum atomic E-state index is 9.20. The topological polar surface area (TPSA) is 20.2 Å². The number of hydrogen-bond donors (Lipinski definition) is 1. The third-order valence-electron chi connectivity index (χ3n) is 3.68. The van der Waals surface area contributed by atoms with Gasteiger partial charge in [0.2, 0.25) is 0 Å². The fourth-order valence-corrected chi connectivity index (χ4v) is 2.57. The van der Waals surface area contributed by atoms with E-state index in [1.807, 2.05) is 0 Å². The van der Waals surface area contributed by atoms with Gasteiger partial charge in [0.25, 0.3) is 0 Å². The molecule has 2 rings (SSSR count). The van der Waals surface area contributed by atoms with E-state index in [4.69, 9.17) is 0 Å². The molecule has 1 fully saturated rings. The lowest BCUT2D eigenvalue weighted by molar-refractivity contribution is 0.262. The highest BCUT2D eigenvalue weighted by Gasteiger charge is 2.52. The summed E-state index contributed by atoms with van der Waals surface area (Å²) in [6, 6.07) is 8.71. The van der Waals surface area contributed by atoms with Crippen LogP contribution in [0.3, 0.4) is 0 Å². The van der Waals surface area contributed by atoms with Gasteiger partial charge in [-0.05, 0) is 31.2 Å². The van der Waals surface area contributed by atoms with Gasteiger partial charge in [-0.1, -0.05) is 36.8 Å². The minimum Gasteiger partial charge on any atom is -0.396 e. The Balaban J connectivity index is 2.30. The Bertz CT molecular complexity index is 332. The number of aliphatic hydroxyl groups excluding tert-OH is 1. The summed E-state index contributed by atoms with van der Waals surface area (Å²) in [5, 5.41) is 9.20. The predicted molar refractivity (Wildman–Crippen MR) is 58.3 cm³/mol. The van der Waals surface area contributed by atoms with Crippen LogP contribution in [0.2, 0.25) is 0 Å². The third kappa shape index (κ3) is 1.36. The zero-order chi connectivity index (χ0) is 10.2. The molecule has 14 heavy (non-hydrogen) atoms. The molecule has 2 unspecified atom stereocenters. The van der Waals surface area contributed by atoms with E-state index in [1.165, 1.54) is 11.1 Å². The maximum absolute atomic E-state index is 9.20. The molecule has 0 saturated heterocycles. The lowest BCUT2D eigenvalue weighted by Gasteiger charge is -2.15. The number of benzene rings is 1. The third-order valence-corrected chi connectivity index (χ3v) is 3.68. The fourth-order valence-electron chi connectivity index (χ4n) is 2.57. The Hall–Kier alpha value is -0.820. The zero-order valence-electron chi connectivity index (χ0n) is 8.96. The minimum atomic E-state index is 0.292. The Labute approximate surface area is 85.8 Å². The largest absolute Gasteiger partial charge is 0.396 e. The molecule has 0 radical (unpaired) electrons. The molecule has 1 aromatic rings. The van der Waals surface area contributed by atoms with Crippen molar-refractivity contribution in [3.63, 3.8) is 0 Å². The van der Waals surface area contributed by atoms with E-state index in [9.17, 15) is 5.11 Å². The Kier molecular flexibility index (Phi) is 2.36. The second-order valence-corrected chi connectivity index (χ2v) is 4.46. The molecule has 2 atom stereocenters. The molecule has 1 aliphatic carbocycles. The van der Waals surface area contributed by atoms with E-state index in [1.54, 1.807) is 0 Å². The van der Waals surface area contributed by atoms with Crippen LogP contribution in [0, 0.1) is 12.8 Å². The summed E-state index contributed by atoms with van der Waals surface area (Å²) in [6.45, 7) is 4.68. The number of rotatable bonds is 3. The highest BCUT2D eigenvalue weighted by Crippen LogP contribution is 2.56. The monoisotopic (exact) mass is 190 g/mol. The van der Waals surface area contributed by atoms with Crippen LogP contribution in [0.5, 0.6) is 0 Å². The minimum absolute atomic E-state index is 0.292. The van der Waals surface area contributed by atoms with Crippen LogP contribution in [-0.2, 0) is 5.41 Å². The molecule has 0 aromatic heterocycles. The first-order valence-corrected chi connectivity index (χ1v) is 5.41. The normalized spacial score (nSPS) is 30.4. The number of aryl methyl sites for hydroxylation is 1. The van der Waals surface area contributed by atoms with Crippen LogP contribution in [-0.4, -0.2) is 11.7 Å². The van der Waals surface area contributed by atoms with Crippen molar-refractivity contribution in [3.05, 3.63) is 35.4 Å². The molecule has 1 nitrogen and oxygen atoms in total. The first kappa shape index (κ1) is 9.72. The highest BCUT2D eigenvalue weighted by molar-refractivity contribution is 5.36. The molecule has 0 spiro atoms. The van der Waals surface area contributed by atoms with E-state index in [2.05, 4.69) is 38.1 Å². The summed E-state index contributed by atoms with van der Waals surface area (Å²) in [5.74, 6) is 0.495. The Morgan fingerprint density at radius 1 is 1.50 bits per heavy atom. The van der Waals surface area contributed by atoms with E-state index in [-0.39, 0.29) is 0 Å². The number of hydrogen-bond acceptors (Lipinski definition) is 1. The first-order valence-electron chi connectivity index (χ1n) is 5.41. The lowest BCUT2D eigenvalue weighted by Crippen LogP contribution is -2.10. The van der Waals surface area contributed by atoms with Crippen LogP contribution in [0.15, 0.2) is 24.3 Å². The zero-order valence-corrected chi connectivity index (χ0v) is 8.96. The molecule has 0 bridgehead atoms. The van der Waals surface area contributed by atoms with Gasteiger partial charge in [0, 0.05) is 12.0 Å². The molecule has 1 N–H and O–H groups in total. The summed E-state index contributed by atoms with van der Waals surface area (Å²) in [4.78, 5) is 0. The van der Waals surface area contributed by atoms with Crippen LogP contribution < -0.4 is 0 Å². The van der Waals surface area contributed by atoms with Crippen molar-refractivity contribution < 1.29 is 5.11 Å². The SMILES string of the molecule is CCC1(c2cccc(C)c2)CC1CO. The van der Waals surface area contributed by atoms with Crippen molar-refractivity contribution in [1.82, 2.24) is 0 Å². The Morgan fingerprint density at radius 2 is 2.29 bits per heavy atom. The van der Waals surface area contributed by atoms with Crippen molar-refractivity contribution in [3.8, 4) is 0 Å². The van der Waals surface area contributed by atoms with Gasteiger partial charge in [-0.25, -0.2) is 0 Å². The van der Waals surface area contributed by atoms with Crippen LogP contribution >= 0.6 is 0 Å². The van der Waals surface area contributed by atoms with Gasteiger partial charge in [-0.3, -0.25) is 0 Å². The van der Waals surface area contributed by atoms with Gasteiger partial charge in [0.05, 0.1) is 0 Å². The molecule has 1 aliphatic rings. The van der Waals surface area contributed by atoms with E-state index in [0.717, 1.165) is 12.8 Å². The summed E-state index contributed by atoms with van der Waals surface area (Å²) in [5.41, 5.74) is 3.03. The van der Waals surface area contributed by atoms with Gasteiger partial charge in [-0.15, -0.1) is 0 Å². The van der Waals surface area contributed by atoms with Crippen molar-refractivity contribution in [2.75, 3.05) is 6.61 Å². The van der Waals surface area contributed by atoms with Crippen LogP contribution in [0.25, 0.3) is 0 Å². The van der Waals surface area contributed by atoms with Gasteiger partial charge in [0.15, 0.2) is 0 Å². The fraction of sp³-hybridized carbons (Fsp3) is 0.538. The van der Waals surface area contributed by atoms with E-state index in [0.29, 0.717) is 17.9 Å². The second-order valence-electron chi connectivity index (χ2n) is 4.46. The molecule has 0 heterocycles.